The molecule has 3 aromatic carbocycles. The molecule has 2 atom stereocenters. The van der Waals surface area contributed by atoms with E-state index < -0.39 is 50.5 Å². The van der Waals surface area contributed by atoms with Gasteiger partial charge in [0.15, 0.2) is 9.84 Å². The van der Waals surface area contributed by atoms with E-state index in [4.69, 9.17) is 9.47 Å². The van der Waals surface area contributed by atoms with Crippen LogP contribution in [0.1, 0.15) is 59.9 Å². The van der Waals surface area contributed by atoms with Crippen molar-refractivity contribution in [1.82, 2.24) is 10.2 Å². The predicted octanol–water partition coefficient (Wildman–Crippen LogP) is 6.96. The zero-order valence-electron chi connectivity index (χ0n) is 28.1. The lowest BCUT2D eigenvalue weighted by Crippen LogP contribution is -2.60. The van der Waals surface area contributed by atoms with Crippen LogP contribution in [0, 0.1) is 0 Å². The summed E-state index contributed by atoms with van der Waals surface area (Å²) in [5.41, 5.74) is 0.830. The normalized spacial score (nSPS) is 20.7. The highest BCUT2D eigenvalue weighted by atomic mass is 32.2. The first-order valence-corrected chi connectivity index (χ1v) is 17.5. The molecule has 48 heavy (non-hydrogen) atoms. The minimum absolute atomic E-state index is 0.121. The van der Waals surface area contributed by atoms with Gasteiger partial charge in [-0.05, 0) is 83.7 Å². The van der Waals surface area contributed by atoms with Gasteiger partial charge in [0.25, 0.3) is 0 Å². The number of amides is 4. The van der Waals surface area contributed by atoms with Gasteiger partial charge in [0.1, 0.15) is 23.6 Å². The Hall–Kier alpha value is -4.71. The van der Waals surface area contributed by atoms with Gasteiger partial charge in [0.2, 0.25) is 0 Å². The molecule has 2 aliphatic rings. The number of carbonyl (C=O) groups is 3. The van der Waals surface area contributed by atoms with Gasteiger partial charge in [-0.25, -0.2) is 22.8 Å². The molecule has 0 aromatic heterocycles. The molecule has 0 saturated carbocycles. The van der Waals surface area contributed by atoms with Crippen LogP contribution in [0.4, 0.5) is 20.1 Å². The maximum absolute atomic E-state index is 13.9. The number of para-hydroxylation sites is 1. The first-order chi connectivity index (χ1) is 22.6. The second-order valence-corrected chi connectivity index (χ2v) is 15.9. The van der Waals surface area contributed by atoms with Crippen molar-refractivity contribution in [2.24, 2.45) is 4.99 Å². The second-order valence-electron chi connectivity index (χ2n) is 13.4. The third-order valence-corrected chi connectivity index (χ3v) is 10.7. The lowest BCUT2D eigenvalue weighted by Gasteiger charge is -2.46. The second kappa shape index (κ2) is 13.4. The molecule has 0 unspecified atom stereocenters. The first-order valence-electron chi connectivity index (χ1n) is 16.0. The van der Waals surface area contributed by atoms with Crippen molar-refractivity contribution in [2.75, 3.05) is 11.4 Å². The van der Waals surface area contributed by atoms with Gasteiger partial charge < -0.3 is 14.4 Å². The monoisotopic (exact) mass is 674 g/mol. The molecule has 2 saturated heterocycles. The number of likely N-dealkylation sites (tertiary alicyclic amines) is 1. The third-order valence-electron chi connectivity index (χ3n) is 8.52. The fourth-order valence-corrected chi connectivity index (χ4v) is 7.21. The number of amidine groups is 1. The Morgan fingerprint density at radius 1 is 1.00 bits per heavy atom. The van der Waals surface area contributed by atoms with Gasteiger partial charge in [-0.3, -0.25) is 10.2 Å². The van der Waals surface area contributed by atoms with E-state index in [9.17, 15) is 22.8 Å². The van der Waals surface area contributed by atoms with Crippen LogP contribution in [-0.2, 0) is 25.9 Å². The average molecular weight is 675 g/mol. The van der Waals surface area contributed by atoms with Gasteiger partial charge in [-0.15, -0.1) is 0 Å². The zero-order valence-corrected chi connectivity index (χ0v) is 28.9. The molecule has 2 aliphatic heterocycles. The summed E-state index contributed by atoms with van der Waals surface area (Å²) in [5, 5.41) is 2.26. The summed E-state index contributed by atoms with van der Waals surface area (Å²) in [7, 11) is -3.48. The van der Waals surface area contributed by atoms with Crippen molar-refractivity contribution < 1.29 is 32.3 Å². The van der Waals surface area contributed by atoms with E-state index >= 15 is 0 Å². The lowest BCUT2D eigenvalue weighted by atomic mass is 9.81. The summed E-state index contributed by atoms with van der Waals surface area (Å²) >= 11 is 0. The molecule has 2 fully saturated rings. The number of aliphatic imine (C=N–C) groups is 1. The number of benzene rings is 3. The predicted molar refractivity (Wildman–Crippen MR) is 184 cm³/mol. The Kier molecular flexibility index (Phi) is 9.68. The molecular formula is C36H42N4O7S. The standard InChI is InChI=1S/C36H42N4O7S/c1-24(2)48(44,45)28-18-16-27(17-19-28)29-14-10-11-15-30(29)40-32(41)37-31(38-33(42)47-35(4,5)6)36(40)20-21-39(25(3)22-36)34(43)46-23-26-12-8-7-9-13-26/h7-19,24-25H,20-23H2,1-6H3,(H,37,38,41,42)/t25-,36+/m1/s1. The SMILES string of the molecule is CC(C)S(=O)(=O)c1ccc(-c2ccccc2N2C(=O)N/C(=N\C(=O)OC(C)(C)C)[C@@]23CCN(C(=O)OCc2ccccc2)[C@H](C)C3)cc1. The number of ether oxygens (including phenoxy) is 2. The molecule has 4 amide bonds. The van der Waals surface area contributed by atoms with Crippen LogP contribution in [0.25, 0.3) is 11.1 Å². The molecule has 254 valence electrons. The maximum Gasteiger partial charge on any atom is 0.435 e. The Labute approximate surface area is 281 Å². The third kappa shape index (κ3) is 7.08. The minimum atomic E-state index is -3.48. The number of rotatable bonds is 6. The summed E-state index contributed by atoms with van der Waals surface area (Å²) in [6, 6.07) is 22.4. The van der Waals surface area contributed by atoms with E-state index in [0.29, 0.717) is 16.8 Å². The Morgan fingerprint density at radius 3 is 2.27 bits per heavy atom. The van der Waals surface area contributed by atoms with Gasteiger partial charge >= 0.3 is 18.2 Å². The van der Waals surface area contributed by atoms with Crippen molar-refractivity contribution in [3.8, 4) is 11.1 Å². The molecule has 12 heteroatoms. The number of urea groups is 1. The minimum Gasteiger partial charge on any atom is -0.445 e. The topological polar surface area (TPSA) is 135 Å². The van der Waals surface area contributed by atoms with Gasteiger partial charge in [0.05, 0.1) is 15.8 Å². The molecule has 0 radical (unpaired) electrons. The van der Waals surface area contributed by atoms with Gasteiger partial charge in [-0.2, -0.15) is 4.99 Å². The summed E-state index contributed by atoms with van der Waals surface area (Å²) in [6.07, 6.45) is -0.828. The highest BCUT2D eigenvalue weighted by Gasteiger charge is 2.56. The van der Waals surface area contributed by atoms with Crippen molar-refractivity contribution in [3.63, 3.8) is 0 Å². The summed E-state index contributed by atoms with van der Waals surface area (Å²) < 4.78 is 36.7. The first kappa shape index (κ1) is 34.6. The molecule has 11 nitrogen and oxygen atoms in total. The van der Waals surface area contributed by atoms with Crippen LogP contribution >= 0.6 is 0 Å². The number of hydrogen-bond acceptors (Lipinski definition) is 7. The number of nitrogens with zero attached hydrogens (tertiary/aromatic N) is 3. The number of nitrogens with one attached hydrogen (secondary N) is 1. The summed E-state index contributed by atoms with van der Waals surface area (Å²) in [6.45, 7) is 10.7. The lowest BCUT2D eigenvalue weighted by molar-refractivity contribution is 0.0585. The molecule has 1 spiro atoms. The van der Waals surface area contributed by atoms with E-state index in [0.717, 1.165) is 5.56 Å². The largest absolute Gasteiger partial charge is 0.445 e. The molecule has 2 heterocycles. The Balaban J connectivity index is 1.52. The zero-order chi connectivity index (χ0) is 34.9. The van der Waals surface area contributed by atoms with Gasteiger partial charge in [0, 0.05) is 18.2 Å². The molecular weight excluding hydrogens is 632 g/mol. The van der Waals surface area contributed by atoms with Crippen LogP contribution in [0.15, 0.2) is 88.8 Å². The van der Waals surface area contributed by atoms with E-state index in [-0.39, 0.29) is 36.7 Å². The van der Waals surface area contributed by atoms with Crippen molar-refractivity contribution in [1.29, 1.82) is 0 Å². The highest BCUT2D eigenvalue weighted by Crippen LogP contribution is 2.44. The van der Waals surface area contributed by atoms with Crippen molar-refractivity contribution >= 4 is 39.6 Å². The Bertz CT molecular complexity index is 1820. The fourth-order valence-electron chi connectivity index (χ4n) is 6.15. The van der Waals surface area contributed by atoms with Crippen LogP contribution in [0.5, 0.6) is 0 Å². The number of piperidine rings is 1. The van der Waals surface area contributed by atoms with E-state index in [2.05, 4.69) is 10.3 Å². The Morgan fingerprint density at radius 2 is 1.65 bits per heavy atom. The van der Waals surface area contributed by atoms with E-state index in [1.54, 1.807) is 80.8 Å². The molecule has 1 N–H and O–H groups in total. The van der Waals surface area contributed by atoms with Crippen molar-refractivity contribution in [3.05, 3.63) is 84.4 Å². The summed E-state index contributed by atoms with van der Waals surface area (Å²) in [5.74, 6) is 0.138. The average Bonchev–Trinajstić information content (AvgIpc) is 3.28. The molecule has 5 rings (SSSR count). The van der Waals surface area contributed by atoms with Crippen LogP contribution in [-0.4, -0.2) is 66.3 Å². The van der Waals surface area contributed by atoms with Crippen LogP contribution < -0.4 is 10.2 Å². The fraction of sp³-hybridized carbons (Fsp3) is 0.389. The molecule has 0 bridgehead atoms. The quantitative estimate of drug-likeness (QED) is 0.299. The number of sulfone groups is 1. The number of anilines is 1. The number of carbonyl (C=O) groups excluding carboxylic acids is 3. The van der Waals surface area contributed by atoms with Crippen LogP contribution in [0.3, 0.4) is 0 Å². The smallest absolute Gasteiger partial charge is 0.435 e. The summed E-state index contributed by atoms with van der Waals surface area (Å²) in [4.78, 5) is 47.9. The molecule has 0 aliphatic carbocycles. The van der Waals surface area contributed by atoms with Crippen molar-refractivity contribution in [2.45, 2.75) is 88.3 Å². The highest BCUT2D eigenvalue weighted by molar-refractivity contribution is 7.92. The van der Waals surface area contributed by atoms with Crippen LogP contribution in [0.2, 0.25) is 0 Å². The van der Waals surface area contributed by atoms with E-state index in [1.165, 1.54) is 0 Å². The maximum atomic E-state index is 13.9. The molecule has 3 aromatic rings. The number of hydrogen-bond donors (Lipinski definition) is 1. The van der Waals surface area contributed by atoms with E-state index in [1.807, 2.05) is 49.4 Å². The van der Waals surface area contributed by atoms with Gasteiger partial charge in [-0.1, -0.05) is 60.7 Å².